The predicted octanol–water partition coefficient (Wildman–Crippen LogP) is 1.82. The third-order valence-corrected chi connectivity index (χ3v) is 4.14. The molecule has 1 amide bonds. The monoisotopic (exact) mass is 336 g/mol. The fourth-order valence-corrected chi connectivity index (χ4v) is 2.73. The number of rotatable bonds is 6. The maximum atomic E-state index is 11.7. The molecule has 1 fully saturated rings. The van der Waals surface area contributed by atoms with Gasteiger partial charge in [-0.25, -0.2) is 4.79 Å². The number of ether oxygens (including phenoxy) is 2. The fourth-order valence-electron chi connectivity index (χ4n) is 2.73. The number of benzene rings is 1. The summed E-state index contributed by atoms with van der Waals surface area (Å²) >= 11 is 0. The number of hydrogen-bond donors (Lipinski definition) is 1. The number of piperazine rings is 1. The second-order valence-corrected chi connectivity index (χ2v) is 6.22. The number of carbonyl (C=O) groups excluding carboxylic acids is 1. The molecule has 1 aliphatic rings. The molecule has 6 heteroatoms. The van der Waals surface area contributed by atoms with Crippen molar-refractivity contribution >= 4 is 6.09 Å². The van der Waals surface area contributed by atoms with Gasteiger partial charge in [-0.3, -0.25) is 4.90 Å². The number of amides is 1. The van der Waals surface area contributed by atoms with Crippen molar-refractivity contribution in [3.05, 3.63) is 29.3 Å². The van der Waals surface area contributed by atoms with E-state index in [1.165, 1.54) is 0 Å². The van der Waals surface area contributed by atoms with Crippen molar-refractivity contribution in [1.29, 1.82) is 0 Å². The molecule has 0 aromatic heterocycles. The number of aliphatic hydroxyl groups is 1. The Labute approximate surface area is 144 Å². The van der Waals surface area contributed by atoms with Crippen LogP contribution < -0.4 is 4.74 Å². The topological polar surface area (TPSA) is 62.2 Å². The largest absolute Gasteiger partial charge is 0.491 e. The lowest BCUT2D eigenvalue weighted by atomic mass is 10.1. The van der Waals surface area contributed by atoms with Gasteiger partial charge in [-0.2, -0.15) is 0 Å². The van der Waals surface area contributed by atoms with Crippen LogP contribution in [0.1, 0.15) is 18.1 Å². The first-order chi connectivity index (χ1) is 11.5. The van der Waals surface area contributed by atoms with Gasteiger partial charge in [0.25, 0.3) is 0 Å². The smallest absolute Gasteiger partial charge is 0.409 e. The number of β-amino-alcohol motifs (C(OH)–C–C–N with tert-alkyl or cyclic N) is 1. The molecule has 1 aromatic rings. The van der Waals surface area contributed by atoms with Gasteiger partial charge >= 0.3 is 6.09 Å². The van der Waals surface area contributed by atoms with Crippen LogP contribution in [0.15, 0.2) is 18.2 Å². The zero-order valence-electron chi connectivity index (χ0n) is 14.8. The molecule has 1 N–H and O–H groups in total. The number of aliphatic hydroxyl groups excluding tert-OH is 1. The van der Waals surface area contributed by atoms with E-state index in [9.17, 15) is 9.90 Å². The first-order valence-electron chi connectivity index (χ1n) is 8.51. The van der Waals surface area contributed by atoms with Crippen LogP contribution >= 0.6 is 0 Å². The van der Waals surface area contributed by atoms with Crippen molar-refractivity contribution in [3.8, 4) is 5.75 Å². The Hall–Kier alpha value is -1.79. The lowest BCUT2D eigenvalue weighted by Gasteiger charge is -2.34. The quantitative estimate of drug-likeness (QED) is 0.858. The molecule has 1 heterocycles. The van der Waals surface area contributed by atoms with Crippen LogP contribution in [0.5, 0.6) is 5.75 Å². The summed E-state index contributed by atoms with van der Waals surface area (Å²) in [5, 5.41) is 10.2. The Morgan fingerprint density at radius 2 is 1.96 bits per heavy atom. The Balaban J connectivity index is 1.72. The molecule has 1 atom stereocenters. The molecule has 24 heavy (non-hydrogen) atoms. The van der Waals surface area contributed by atoms with Crippen molar-refractivity contribution in [2.24, 2.45) is 0 Å². The van der Waals surface area contributed by atoms with Crippen LogP contribution in [0.4, 0.5) is 4.79 Å². The average Bonchev–Trinajstić information content (AvgIpc) is 2.56. The van der Waals surface area contributed by atoms with Crippen LogP contribution in [-0.4, -0.2) is 73.0 Å². The second-order valence-electron chi connectivity index (χ2n) is 6.22. The van der Waals surface area contributed by atoms with Gasteiger partial charge in [0.15, 0.2) is 0 Å². The number of nitrogens with zero attached hydrogens (tertiary/aromatic N) is 2. The van der Waals surface area contributed by atoms with E-state index in [1.807, 2.05) is 32.0 Å². The van der Waals surface area contributed by atoms with Gasteiger partial charge in [0.2, 0.25) is 0 Å². The average molecular weight is 336 g/mol. The minimum absolute atomic E-state index is 0.254. The van der Waals surface area contributed by atoms with Gasteiger partial charge in [-0.1, -0.05) is 12.1 Å². The molecule has 0 bridgehead atoms. The molecule has 0 spiro atoms. The Morgan fingerprint density at radius 3 is 2.62 bits per heavy atom. The maximum Gasteiger partial charge on any atom is 0.409 e. The van der Waals surface area contributed by atoms with E-state index in [-0.39, 0.29) is 12.7 Å². The van der Waals surface area contributed by atoms with Crippen molar-refractivity contribution in [2.45, 2.75) is 26.9 Å². The van der Waals surface area contributed by atoms with Gasteiger partial charge in [0, 0.05) is 32.7 Å². The lowest BCUT2D eigenvalue weighted by molar-refractivity contribution is 0.0406. The molecule has 1 aromatic carbocycles. The summed E-state index contributed by atoms with van der Waals surface area (Å²) in [5.41, 5.74) is 2.20. The highest BCUT2D eigenvalue weighted by molar-refractivity contribution is 5.67. The molecule has 1 saturated heterocycles. The van der Waals surface area contributed by atoms with E-state index in [0.29, 0.717) is 26.2 Å². The number of hydrogen-bond acceptors (Lipinski definition) is 5. The zero-order chi connectivity index (χ0) is 17.5. The van der Waals surface area contributed by atoms with Gasteiger partial charge in [0.1, 0.15) is 18.5 Å². The fraction of sp³-hybridized carbons (Fsp3) is 0.611. The minimum Gasteiger partial charge on any atom is -0.491 e. The zero-order valence-corrected chi connectivity index (χ0v) is 14.8. The third-order valence-electron chi connectivity index (χ3n) is 4.14. The molecule has 6 nitrogen and oxygen atoms in total. The minimum atomic E-state index is -0.556. The molecule has 2 rings (SSSR count). The summed E-state index contributed by atoms with van der Waals surface area (Å²) < 4.78 is 10.8. The summed E-state index contributed by atoms with van der Waals surface area (Å²) in [6.45, 7) is 9.75. The SMILES string of the molecule is CCOC(=O)N1CCN(CC(O)COc2cc(C)ccc2C)CC1. The van der Waals surface area contributed by atoms with E-state index in [2.05, 4.69) is 4.90 Å². The standard InChI is InChI=1S/C18H28N2O4/c1-4-23-18(22)20-9-7-19(8-10-20)12-16(21)13-24-17-11-14(2)5-6-15(17)3/h5-6,11,16,21H,4,7-10,12-13H2,1-3H3. The highest BCUT2D eigenvalue weighted by Gasteiger charge is 2.23. The normalized spacial score (nSPS) is 16.8. The van der Waals surface area contributed by atoms with E-state index in [1.54, 1.807) is 11.8 Å². The molecule has 0 saturated carbocycles. The van der Waals surface area contributed by atoms with Crippen LogP contribution in [0, 0.1) is 13.8 Å². The molecule has 1 aliphatic heterocycles. The Bertz CT molecular complexity index is 542. The number of aryl methyl sites for hydroxylation is 2. The molecule has 0 radical (unpaired) electrons. The van der Waals surface area contributed by atoms with Crippen molar-refractivity contribution < 1.29 is 19.4 Å². The first kappa shape index (κ1) is 18.5. The van der Waals surface area contributed by atoms with E-state index < -0.39 is 6.10 Å². The van der Waals surface area contributed by atoms with Gasteiger partial charge < -0.3 is 19.5 Å². The first-order valence-corrected chi connectivity index (χ1v) is 8.51. The molecule has 134 valence electrons. The van der Waals surface area contributed by atoms with E-state index >= 15 is 0 Å². The maximum absolute atomic E-state index is 11.7. The van der Waals surface area contributed by atoms with Crippen LogP contribution in [-0.2, 0) is 4.74 Å². The molecule has 1 unspecified atom stereocenters. The van der Waals surface area contributed by atoms with E-state index in [4.69, 9.17) is 9.47 Å². The van der Waals surface area contributed by atoms with Gasteiger partial charge in [0.05, 0.1) is 6.61 Å². The van der Waals surface area contributed by atoms with Crippen molar-refractivity contribution in [1.82, 2.24) is 9.80 Å². The third kappa shape index (κ3) is 5.39. The van der Waals surface area contributed by atoms with Crippen molar-refractivity contribution in [3.63, 3.8) is 0 Å². The van der Waals surface area contributed by atoms with Crippen molar-refractivity contribution in [2.75, 3.05) is 45.9 Å². The lowest BCUT2D eigenvalue weighted by Crippen LogP contribution is -2.51. The summed E-state index contributed by atoms with van der Waals surface area (Å²) in [6.07, 6.45) is -0.810. The predicted molar refractivity (Wildman–Crippen MR) is 92.5 cm³/mol. The highest BCUT2D eigenvalue weighted by atomic mass is 16.6. The summed E-state index contributed by atoms with van der Waals surface area (Å²) in [5.74, 6) is 0.821. The van der Waals surface area contributed by atoms with Crippen LogP contribution in [0.3, 0.4) is 0 Å². The Kier molecular flexibility index (Phi) is 6.87. The van der Waals surface area contributed by atoms with Gasteiger partial charge in [-0.15, -0.1) is 0 Å². The second kappa shape index (κ2) is 8.89. The highest BCUT2D eigenvalue weighted by Crippen LogP contribution is 2.19. The summed E-state index contributed by atoms with van der Waals surface area (Å²) in [4.78, 5) is 15.5. The summed E-state index contributed by atoms with van der Waals surface area (Å²) in [6, 6.07) is 6.05. The Morgan fingerprint density at radius 1 is 1.25 bits per heavy atom. The number of carbonyl (C=O) groups is 1. The van der Waals surface area contributed by atoms with E-state index in [0.717, 1.165) is 30.0 Å². The van der Waals surface area contributed by atoms with Gasteiger partial charge in [-0.05, 0) is 38.0 Å². The molecular weight excluding hydrogens is 308 g/mol. The summed E-state index contributed by atoms with van der Waals surface area (Å²) in [7, 11) is 0. The molecular formula is C18H28N2O4. The molecule has 0 aliphatic carbocycles. The van der Waals surface area contributed by atoms with Crippen LogP contribution in [0.2, 0.25) is 0 Å². The van der Waals surface area contributed by atoms with Crippen LogP contribution in [0.25, 0.3) is 0 Å².